The van der Waals surface area contributed by atoms with Crippen molar-refractivity contribution < 1.29 is 4.79 Å². The van der Waals surface area contributed by atoms with Gasteiger partial charge in [0.05, 0.1) is 5.56 Å². The molecule has 2 aromatic rings. The minimum atomic E-state index is -0.360. The molecule has 1 aromatic heterocycles. The molecule has 3 rings (SSSR count). The molecule has 1 aromatic carbocycles. The van der Waals surface area contributed by atoms with Gasteiger partial charge in [0, 0.05) is 22.9 Å². The first-order valence-corrected chi connectivity index (χ1v) is 8.08. The molecule has 23 heavy (non-hydrogen) atoms. The highest BCUT2D eigenvalue weighted by Crippen LogP contribution is 2.27. The highest BCUT2D eigenvalue weighted by Gasteiger charge is 2.33. The molecule has 0 radical (unpaired) electrons. The quantitative estimate of drug-likeness (QED) is 0.900. The lowest BCUT2D eigenvalue weighted by Crippen LogP contribution is -2.33. The molecule has 1 fully saturated rings. The van der Waals surface area contributed by atoms with Gasteiger partial charge in [-0.3, -0.25) is 4.79 Å². The van der Waals surface area contributed by atoms with Gasteiger partial charge in [-0.1, -0.05) is 15.9 Å². The van der Waals surface area contributed by atoms with Crippen molar-refractivity contribution in [2.75, 3.05) is 16.8 Å². The van der Waals surface area contributed by atoms with E-state index in [2.05, 4.69) is 32.3 Å². The van der Waals surface area contributed by atoms with Crippen molar-refractivity contribution in [3.05, 3.63) is 52.1 Å². The number of aryl methyl sites for hydroxylation is 1. The van der Waals surface area contributed by atoms with E-state index in [-0.39, 0.29) is 11.9 Å². The molecular formula is C17H15BrN4O. The first kappa shape index (κ1) is 15.5. The van der Waals surface area contributed by atoms with Crippen LogP contribution in [0.15, 0.2) is 41.0 Å². The van der Waals surface area contributed by atoms with Crippen molar-refractivity contribution >= 4 is 33.3 Å². The van der Waals surface area contributed by atoms with Gasteiger partial charge in [-0.25, -0.2) is 4.98 Å². The highest BCUT2D eigenvalue weighted by atomic mass is 79.9. The number of benzene rings is 1. The Morgan fingerprint density at radius 3 is 3.00 bits per heavy atom. The van der Waals surface area contributed by atoms with Crippen LogP contribution >= 0.6 is 15.9 Å². The molecule has 0 saturated carbocycles. The number of aromatic nitrogens is 1. The molecule has 1 amide bonds. The Labute approximate surface area is 143 Å². The average Bonchev–Trinajstić information content (AvgIpc) is 2.92. The molecule has 0 aliphatic carbocycles. The summed E-state index contributed by atoms with van der Waals surface area (Å²) in [5, 5.41) is 12.2. The Kier molecular flexibility index (Phi) is 4.30. The molecule has 1 N–H and O–H groups in total. The topological polar surface area (TPSA) is 69.0 Å². The number of hydrogen-bond donors (Lipinski definition) is 1. The van der Waals surface area contributed by atoms with E-state index < -0.39 is 0 Å². The van der Waals surface area contributed by atoms with Crippen LogP contribution in [0.4, 0.5) is 11.5 Å². The van der Waals surface area contributed by atoms with Gasteiger partial charge in [-0.15, -0.1) is 0 Å². The van der Waals surface area contributed by atoms with Crippen molar-refractivity contribution in [1.29, 1.82) is 5.26 Å². The Morgan fingerprint density at radius 2 is 2.26 bits per heavy atom. The van der Waals surface area contributed by atoms with E-state index in [0.717, 1.165) is 15.7 Å². The first-order valence-electron chi connectivity index (χ1n) is 7.29. The number of nitriles is 1. The molecular weight excluding hydrogens is 356 g/mol. The van der Waals surface area contributed by atoms with Crippen LogP contribution in [0.5, 0.6) is 0 Å². The van der Waals surface area contributed by atoms with Crippen LogP contribution in [0, 0.1) is 18.3 Å². The molecule has 5 nitrogen and oxygen atoms in total. The van der Waals surface area contributed by atoms with Crippen molar-refractivity contribution in [3.8, 4) is 6.07 Å². The normalized spacial score (nSPS) is 17.2. The standard InChI is InChI=1S/C17H15BrN4O/c1-11-9-13(4-5-14(11)18)22-8-6-15(17(22)23)21-16-12(10-19)3-2-7-20-16/h2-5,7,9,15H,6,8H2,1H3,(H,20,21). The van der Waals surface area contributed by atoms with Gasteiger partial charge in [0.25, 0.3) is 0 Å². The SMILES string of the molecule is Cc1cc(N2CCC(Nc3ncccc3C#N)C2=O)ccc1Br. The lowest BCUT2D eigenvalue weighted by molar-refractivity contribution is -0.117. The first-order chi connectivity index (χ1) is 11.1. The maximum atomic E-state index is 12.6. The summed E-state index contributed by atoms with van der Waals surface area (Å²) < 4.78 is 1.02. The van der Waals surface area contributed by atoms with E-state index in [9.17, 15) is 4.79 Å². The van der Waals surface area contributed by atoms with Crippen LogP contribution < -0.4 is 10.2 Å². The van der Waals surface area contributed by atoms with Crippen LogP contribution in [0.3, 0.4) is 0 Å². The molecule has 1 unspecified atom stereocenters. The number of carbonyl (C=O) groups excluding carboxylic acids is 1. The second-order valence-electron chi connectivity index (χ2n) is 5.42. The minimum absolute atomic E-state index is 0.00117. The van der Waals surface area contributed by atoms with Gasteiger partial charge in [-0.2, -0.15) is 5.26 Å². The van der Waals surface area contributed by atoms with Crippen molar-refractivity contribution in [1.82, 2.24) is 4.98 Å². The third-order valence-corrected chi connectivity index (χ3v) is 4.79. The number of carbonyl (C=O) groups is 1. The average molecular weight is 371 g/mol. The number of rotatable bonds is 3. The van der Waals surface area contributed by atoms with Crippen LogP contribution in [0.1, 0.15) is 17.5 Å². The number of amides is 1. The van der Waals surface area contributed by atoms with E-state index in [1.807, 2.05) is 25.1 Å². The molecule has 2 heterocycles. The number of halogens is 1. The van der Waals surface area contributed by atoms with Gasteiger partial charge >= 0.3 is 0 Å². The van der Waals surface area contributed by atoms with E-state index >= 15 is 0 Å². The molecule has 1 saturated heterocycles. The fourth-order valence-electron chi connectivity index (χ4n) is 2.64. The van der Waals surface area contributed by atoms with Crippen molar-refractivity contribution in [2.45, 2.75) is 19.4 Å². The summed E-state index contributed by atoms with van der Waals surface area (Å²) in [7, 11) is 0. The number of nitrogens with zero attached hydrogens (tertiary/aromatic N) is 3. The maximum Gasteiger partial charge on any atom is 0.249 e. The van der Waals surface area contributed by atoms with Crippen molar-refractivity contribution in [3.63, 3.8) is 0 Å². The van der Waals surface area contributed by atoms with E-state index in [4.69, 9.17) is 5.26 Å². The van der Waals surface area contributed by atoms with Gasteiger partial charge in [0.15, 0.2) is 0 Å². The Bertz CT molecular complexity index is 799. The minimum Gasteiger partial charge on any atom is -0.357 e. The van der Waals surface area contributed by atoms with E-state index in [1.165, 1.54) is 0 Å². The van der Waals surface area contributed by atoms with Crippen LogP contribution in [-0.4, -0.2) is 23.5 Å². The Morgan fingerprint density at radius 1 is 1.43 bits per heavy atom. The summed E-state index contributed by atoms with van der Waals surface area (Å²) in [6.07, 6.45) is 2.29. The predicted octanol–water partition coefficient (Wildman–Crippen LogP) is 3.24. The molecule has 1 aliphatic heterocycles. The third-order valence-electron chi connectivity index (χ3n) is 3.90. The summed E-state index contributed by atoms with van der Waals surface area (Å²) in [4.78, 5) is 18.6. The zero-order valence-electron chi connectivity index (χ0n) is 12.6. The summed E-state index contributed by atoms with van der Waals surface area (Å²) in [6, 6.07) is 11.0. The fourth-order valence-corrected chi connectivity index (χ4v) is 2.89. The van der Waals surface area contributed by atoms with Crippen LogP contribution in [0.2, 0.25) is 0 Å². The summed E-state index contributed by atoms with van der Waals surface area (Å²) in [5.41, 5.74) is 2.42. The largest absolute Gasteiger partial charge is 0.357 e. The van der Waals surface area contributed by atoms with Gasteiger partial charge < -0.3 is 10.2 Å². The van der Waals surface area contributed by atoms with Gasteiger partial charge in [-0.05, 0) is 49.2 Å². The highest BCUT2D eigenvalue weighted by molar-refractivity contribution is 9.10. The molecule has 1 atom stereocenters. The lowest BCUT2D eigenvalue weighted by Gasteiger charge is -2.18. The maximum absolute atomic E-state index is 12.6. The number of anilines is 2. The molecule has 0 spiro atoms. The predicted molar refractivity (Wildman–Crippen MR) is 92.2 cm³/mol. The Balaban J connectivity index is 1.79. The van der Waals surface area contributed by atoms with Gasteiger partial charge in [0.2, 0.25) is 5.91 Å². The zero-order chi connectivity index (χ0) is 16.4. The van der Waals surface area contributed by atoms with E-state index in [0.29, 0.717) is 24.3 Å². The molecule has 6 heteroatoms. The number of hydrogen-bond acceptors (Lipinski definition) is 4. The lowest BCUT2D eigenvalue weighted by atomic mass is 10.2. The van der Waals surface area contributed by atoms with E-state index in [1.54, 1.807) is 23.2 Å². The smallest absolute Gasteiger partial charge is 0.249 e. The summed E-state index contributed by atoms with van der Waals surface area (Å²) in [5.74, 6) is 0.462. The second-order valence-corrected chi connectivity index (χ2v) is 6.27. The molecule has 0 bridgehead atoms. The number of pyridine rings is 1. The second kappa shape index (κ2) is 6.39. The number of nitrogens with one attached hydrogen (secondary N) is 1. The molecule has 116 valence electrons. The third kappa shape index (κ3) is 3.06. The van der Waals surface area contributed by atoms with Crippen LogP contribution in [-0.2, 0) is 4.79 Å². The summed E-state index contributed by atoms with van der Waals surface area (Å²) >= 11 is 3.47. The Hall–Kier alpha value is -2.39. The van der Waals surface area contributed by atoms with Crippen LogP contribution in [0.25, 0.3) is 0 Å². The fraction of sp³-hybridized carbons (Fsp3) is 0.235. The van der Waals surface area contributed by atoms with Gasteiger partial charge in [0.1, 0.15) is 17.9 Å². The summed E-state index contributed by atoms with van der Waals surface area (Å²) in [6.45, 7) is 2.64. The molecule has 1 aliphatic rings. The monoisotopic (exact) mass is 370 g/mol. The van der Waals surface area contributed by atoms with Crippen molar-refractivity contribution in [2.24, 2.45) is 0 Å². The zero-order valence-corrected chi connectivity index (χ0v) is 14.2.